The lowest BCUT2D eigenvalue weighted by molar-refractivity contribution is 0.345. The van der Waals surface area contributed by atoms with Gasteiger partial charge in [-0.05, 0) is 49.6 Å². The minimum atomic E-state index is -0.334. The maximum absolute atomic E-state index is 13.3. The molecule has 3 heteroatoms. The number of halogens is 1. The molecule has 2 heterocycles. The van der Waals surface area contributed by atoms with Gasteiger partial charge in [-0.25, -0.2) is 4.39 Å². The van der Waals surface area contributed by atoms with E-state index in [1.165, 1.54) is 28.8 Å². The highest BCUT2D eigenvalue weighted by Crippen LogP contribution is 2.39. The van der Waals surface area contributed by atoms with E-state index in [0.717, 1.165) is 17.5 Å². The zero-order chi connectivity index (χ0) is 15.3. The van der Waals surface area contributed by atoms with Crippen molar-refractivity contribution in [2.24, 2.45) is 0 Å². The van der Waals surface area contributed by atoms with Gasteiger partial charge in [0.25, 0.3) is 0 Å². The van der Waals surface area contributed by atoms with Crippen molar-refractivity contribution in [1.29, 1.82) is 0 Å². The fourth-order valence-electron chi connectivity index (χ4n) is 3.77. The first-order valence-corrected chi connectivity index (χ1v) is 7.72. The fraction of sp³-hybridized carbons (Fsp3) is 0.263. The Morgan fingerprint density at radius 3 is 2.59 bits per heavy atom. The Hall–Kier alpha value is -2.13. The number of benzene rings is 2. The lowest BCUT2D eigenvalue weighted by Gasteiger charge is -2.39. The smallest absolute Gasteiger partial charge is 0.123 e. The minimum absolute atomic E-state index is 0.201. The average molecular weight is 294 g/mol. The molecule has 1 aliphatic rings. The van der Waals surface area contributed by atoms with Crippen LogP contribution in [0, 0.1) is 5.82 Å². The number of hydrogen-bond acceptors (Lipinski definition) is 1. The molecule has 112 valence electrons. The number of hydrogen-bond donors (Lipinski definition) is 2. The van der Waals surface area contributed by atoms with Gasteiger partial charge < -0.3 is 4.98 Å². The molecule has 3 aromatic rings. The van der Waals surface area contributed by atoms with Crippen LogP contribution in [-0.2, 0) is 12.0 Å². The maximum atomic E-state index is 13.3. The number of nitrogens with one attached hydrogen (secondary N) is 2. The third-order valence-electron chi connectivity index (χ3n) is 4.78. The number of aromatic amines is 1. The van der Waals surface area contributed by atoms with E-state index in [9.17, 15) is 4.39 Å². The summed E-state index contributed by atoms with van der Waals surface area (Å²) in [6, 6.07) is 15.6. The van der Waals surface area contributed by atoms with Crippen molar-refractivity contribution in [3.05, 3.63) is 71.2 Å². The summed E-state index contributed by atoms with van der Waals surface area (Å²) in [4.78, 5) is 3.58. The zero-order valence-corrected chi connectivity index (χ0v) is 12.8. The van der Waals surface area contributed by atoms with Gasteiger partial charge in [0.1, 0.15) is 5.82 Å². The van der Waals surface area contributed by atoms with Crippen LogP contribution in [0.3, 0.4) is 0 Å². The molecule has 0 radical (unpaired) electrons. The van der Waals surface area contributed by atoms with Gasteiger partial charge in [-0.1, -0.05) is 30.3 Å². The van der Waals surface area contributed by atoms with Crippen LogP contribution in [0.5, 0.6) is 0 Å². The second-order valence-corrected chi connectivity index (χ2v) is 6.41. The molecule has 2 nitrogen and oxygen atoms in total. The fourth-order valence-corrected chi connectivity index (χ4v) is 3.77. The number of para-hydroxylation sites is 1. The van der Waals surface area contributed by atoms with Gasteiger partial charge in [0.15, 0.2) is 0 Å². The lowest BCUT2D eigenvalue weighted by Crippen LogP contribution is -2.50. The monoisotopic (exact) mass is 294 g/mol. The molecule has 22 heavy (non-hydrogen) atoms. The van der Waals surface area contributed by atoms with Crippen molar-refractivity contribution in [3.8, 4) is 0 Å². The second-order valence-electron chi connectivity index (χ2n) is 6.41. The number of rotatable bonds is 1. The Morgan fingerprint density at radius 2 is 1.82 bits per heavy atom. The molecular formula is C19H19FN2. The second kappa shape index (κ2) is 4.68. The lowest BCUT2D eigenvalue weighted by atomic mass is 9.80. The van der Waals surface area contributed by atoms with Crippen LogP contribution >= 0.6 is 0 Å². The largest absolute Gasteiger partial charge is 0.356 e. The predicted octanol–water partition coefficient (Wildman–Crippen LogP) is 4.10. The minimum Gasteiger partial charge on any atom is -0.356 e. The van der Waals surface area contributed by atoms with Gasteiger partial charge in [-0.3, -0.25) is 5.32 Å². The molecule has 0 spiro atoms. The van der Waals surface area contributed by atoms with Gasteiger partial charge in [0.2, 0.25) is 0 Å². The highest BCUT2D eigenvalue weighted by atomic mass is 19.1. The summed E-state index contributed by atoms with van der Waals surface area (Å²) in [6.45, 7) is 4.37. The highest BCUT2D eigenvalue weighted by molar-refractivity contribution is 5.85. The van der Waals surface area contributed by atoms with Gasteiger partial charge >= 0.3 is 0 Å². The van der Waals surface area contributed by atoms with Crippen molar-refractivity contribution in [3.63, 3.8) is 0 Å². The van der Waals surface area contributed by atoms with Crippen LogP contribution < -0.4 is 5.32 Å². The molecule has 1 aromatic heterocycles. The molecule has 0 fully saturated rings. The summed E-state index contributed by atoms with van der Waals surface area (Å²) in [7, 11) is 0. The van der Waals surface area contributed by atoms with E-state index < -0.39 is 0 Å². The van der Waals surface area contributed by atoms with Crippen molar-refractivity contribution in [2.45, 2.75) is 31.8 Å². The standard InChI is InChI=1S/C19H19FN2/c1-12-11-16-15-5-3-4-6-17(15)21-18(16)19(2,22-12)13-7-9-14(20)10-8-13/h3-10,12,21-22H,11H2,1-2H3/t12-,19-/m0/s1. The molecule has 0 unspecified atom stereocenters. The van der Waals surface area contributed by atoms with E-state index in [-0.39, 0.29) is 11.4 Å². The average Bonchev–Trinajstić information content (AvgIpc) is 2.87. The molecule has 0 aliphatic carbocycles. The third kappa shape index (κ3) is 1.89. The van der Waals surface area contributed by atoms with Crippen molar-refractivity contribution >= 4 is 10.9 Å². The SMILES string of the molecule is C[C@H]1Cc2c([nH]c3ccccc23)[C@](C)(c2ccc(F)cc2)N1. The zero-order valence-electron chi connectivity index (χ0n) is 12.8. The van der Waals surface area contributed by atoms with Crippen LogP contribution in [0.4, 0.5) is 4.39 Å². The van der Waals surface area contributed by atoms with E-state index in [2.05, 4.69) is 48.4 Å². The van der Waals surface area contributed by atoms with E-state index in [1.807, 2.05) is 12.1 Å². The topological polar surface area (TPSA) is 27.8 Å². The normalized spacial score (nSPS) is 24.4. The summed E-state index contributed by atoms with van der Waals surface area (Å²) >= 11 is 0. The Kier molecular flexibility index (Phi) is 2.88. The van der Waals surface area contributed by atoms with Crippen LogP contribution in [0.1, 0.15) is 30.7 Å². The number of aromatic nitrogens is 1. The van der Waals surface area contributed by atoms with Crippen LogP contribution in [0.2, 0.25) is 0 Å². The van der Waals surface area contributed by atoms with Crippen molar-refractivity contribution in [1.82, 2.24) is 10.3 Å². The van der Waals surface area contributed by atoms with E-state index in [1.54, 1.807) is 0 Å². The highest BCUT2D eigenvalue weighted by Gasteiger charge is 2.38. The van der Waals surface area contributed by atoms with Crippen molar-refractivity contribution < 1.29 is 4.39 Å². The Labute approximate surface area is 129 Å². The summed E-state index contributed by atoms with van der Waals surface area (Å²) in [5.74, 6) is -0.201. The molecule has 1 aliphatic heterocycles. The molecular weight excluding hydrogens is 275 g/mol. The number of H-pyrrole nitrogens is 1. The van der Waals surface area contributed by atoms with Crippen LogP contribution in [0.25, 0.3) is 10.9 Å². The molecule has 2 N–H and O–H groups in total. The molecule has 0 saturated carbocycles. The van der Waals surface area contributed by atoms with E-state index in [0.29, 0.717) is 6.04 Å². The van der Waals surface area contributed by atoms with Gasteiger partial charge in [-0.2, -0.15) is 0 Å². The van der Waals surface area contributed by atoms with Crippen LogP contribution in [0.15, 0.2) is 48.5 Å². The molecule has 0 bridgehead atoms. The van der Waals surface area contributed by atoms with E-state index >= 15 is 0 Å². The summed E-state index contributed by atoms with van der Waals surface area (Å²) in [5.41, 5.74) is 4.47. The molecule has 2 aromatic carbocycles. The summed E-state index contributed by atoms with van der Waals surface area (Å²) < 4.78 is 13.3. The Balaban J connectivity index is 1.97. The molecule has 4 rings (SSSR count). The van der Waals surface area contributed by atoms with Gasteiger partial charge in [-0.15, -0.1) is 0 Å². The van der Waals surface area contributed by atoms with Gasteiger partial charge in [0.05, 0.1) is 5.54 Å². The van der Waals surface area contributed by atoms with Gasteiger partial charge in [0, 0.05) is 22.6 Å². The molecule has 0 amide bonds. The number of fused-ring (bicyclic) bond motifs is 3. The van der Waals surface area contributed by atoms with Crippen LogP contribution in [-0.4, -0.2) is 11.0 Å². The molecule has 0 saturated heterocycles. The first-order chi connectivity index (χ1) is 10.6. The van der Waals surface area contributed by atoms with E-state index in [4.69, 9.17) is 0 Å². The maximum Gasteiger partial charge on any atom is 0.123 e. The Bertz CT molecular complexity index is 834. The summed E-state index contributed by atoms with van der Waals surface area (Å²) in [5, 5.41) is 4.98. The first kappa shape index (κ1) is 13.5. The summed E-state index contributed by atoms with van der Waals surface area (Å²) in [6.07, 6.45) is 0.996. The first-order valence-electron chi connectivity index (χ1n) is 7.72. The molecule has 2 atom stereocenters. The Morgan fingerprint density at radius 1 is 1.09 bits per heavy atom. The quantitative estimate of drug-likeness (QED) is 0.694. The predicted molar refractivity (Wildman–Crippen MR) is 87.5 cm³/mol. The third-order valence-corrected chi connectivity index (χ3v) is 4.78. The van der Waals surface area contributed by atoms with Crippen molar-refractivity contribution in [2.75, 3.05) is 0 Å².